The second-order valence-electron chi connectivity index (χ2n) is 4.07. The van der Waals surface area contributed by atoms with E-state index in [0.29, 0.717) is 11.3 Å². The van der Waals surface area contributed by atoms with E-state index in [1.807, 2.05) is 29.5 Å². The van der Waals surface area contributed by atoms with E-state index in [2.05, 4.69) is 6.07 Å². The van der Waals surface area contributed by atoms with E-state index in [0.717, 1.165) is 12.2 Å². The maximum absolute atomic E-state index is 11.0. The Kier molecular flexibility index (Phi) is 3.53. The van der Waals surface area contributed by atoms with Crippen LogP contribution in [0.15, 0.2) is 35.7 Å². The molecule has 2 rings (SSSR count). The van der Waals surface area contributed by atoms with Gasteiger partial charge in [0.2, 0.25) is 5.91 Å². The number of hydrogen-bond donors (Lipinski definition) is 2. The molecule has 1 aromatic heterocycles. The first-order chi connectivity index (χ1) is 8.58. The van der Waals surface area contributed by atoms with E-state index in [1.54, 1.807) is 23.5 Å². The summed E-state index contributed by atoms with van der Waals surface area (Å²) in [4.78, 5) is 14.4. The van der Waals surface area contributed by atoms with Gasteiger partial charge in [-0.2, -0.15) is 0 Å². The van der Waals surface area contributed by atoms with Gasteiger partial charge in [0.15, 0.2) is 0 Å². The fraction of sp³-hybridized carbons (Fsp3) is 0.154. The Hall–Kier alpha value is -2.01. The van der Waals surface area contributed by atoms with Crippen LogP contribution in [0.3, 0.4) is 0 Å². The zero-order valence-corrected chi connectivity index (χ0v) is 10.9. The van der Waals surface area contributed by atoms with Gasteiger partial charge < -0.3 is 16.4 Å². The molecule has 0 bridgehead atoms. The van der Waals surface area contributed by atoms with Crippen LogP contribution in [-0.2, 0) is 6.54 Å². The van der Waals surface area contributed by atoms with Crippen LogP contribution in [-0.4, -0.2) is 13.0 Å². The zero-order chi connectivity index (χ0) is 13.1. The molecule has 4 N–H and O–H groups in total. The molecule has 1 aromatic carbocycles. The Bertz CT molecular complexity index is 551. The van der Waals surface area contributed by atoms with Crippen molar-refractivity contribution in [3.8, 4) is 0 Å². The van der Waals surface area contributed by atoms with Gasteiger partial charge in [0.1, 0.15) is 0 Å². The molecule has 0 unspecified atom stereocenters. The van der Waals surface area contributed by atoms with Gasteiger partial charge in [0.05, 0.1) is 17.9 Å². The Morgan fingerprint density at radius 1 is 1.39 bits per heavy atom. The van der Waals surface area contributed by atoms with Crippen LogP contribution in [0.2, 0.25) is 0 Å². The standard InChI is InChI=1S/C13H15N3OS/c1-16(8-10-3-2-6-18-10)12-5-4-9(13(15)17)7-11(12)14/h2-7H,8,14H2,1H3,(H2,15,17). The normalized spacial score (nSPS) is 10.3. The largest absolute Gasteiger partial charge is 0.397 e. The molecular weight excluding hydrogens is 246 g/mol. The third-order valence-corrected chi connectivity index (χ3v) is 3.56. The second-order valence-corrected chi connectivity index (χ2v) is 5.11. The summed E-state index contributed by atoms with van der Waals surface area (Å²) in [5.74, 6) is -0.464. The quantitative estimate of drug-likeness (QED) is 0.827. The summed E-state index contributed by atoms with van der Waals surface area (Å²) in [6.45, 7) is 0.789. The summed E-state index contributed by atoms with van der Waals surface area (Å²) in [6, 6.07) is 9.23. The summed E-state index contributed by atoms with van der Waals surface area (Å²) >= 11 is 1.70. The van der Waals surface area contributed by atoms with Crippen molar-refractivity contribution in [3.63, 3.8) is 0 Å². The van der Waals surface area contributed by atoms with Crippen LogP contribution >= 0.6 is 11.3 Å². The second kappa shape index (κ2) is 5.10. The van der Waals surface area contributed by atoms with Crippen LogP contribution in [0, 0.1) is 0 Å². The third-order valence-electron chi connectivity index (χ3n) is 2.70. The molecule has 94 valence electrons. The van der Waals surface area contributed by atoms with Crippen LogP contribution in [0.5, 0.6) is 0 Å². The van der Waals surface area contributed by atoms with Crippen LogP contribution in [0.1, 0.15) is 15.2 Å². The lowest BCUT2D eigenvalue weighted by Gasteiger charge is -2.20. The molecule has 0 aliphatic carbocycles. The number of carbonyl (C=O) groups is 1. The first-order valence-electron chi connectivity index (χ1n) is 5.51. The maximum Gasteiger partial charge on any atom is 0.248 e. The molecule has 0 fully saturated rings. The molecule has 0 aliphatic rings. The molecule has 4 nitrogen and oxygen atoms in total. The van der Waals surface area contributed by atoms with Gasteiger partial charge in [0, 0.05) is 17.5 Å². The molecule has 1 heterocycles. The molecule has 0 saturated heterocycles. The molecule has 0 radical (unpaired) electrons. The molecule has 1 amide bonds. The van der Waals surface area contributed by atoms with Crippen LogP contribution in [0.4, 0.5) is 11.4 Å². The van der Waals surface area contributed by atoms with E-state index < -0.39 is 5.91 Å². The van der Waals surface area contributed by atoms with Gasteiger partial charge in [-0.25, -0.2) is 0 Å². The Labute approximate surface area is 110 Å². The predicted octanol–water partition coefficient (Wildman–Crippen LogP) is 2.07. The van der Waals surface area contributed by atoms with Crippen LogP contribution in [0.25, 0.3) is 0 Å². The lowest BCUT2D eigenvalue weighted by molar-refractivity contribution is 0.100. The number of carbonyl (C=O) groups excluding carboxylic acids is 1. The number of primary amides is 1. The minimum absolute atomic E-state index is 0.431. The van der Waals surface area contributed by atoms with E-state index in [9.17, 15) is 4.79 Å². The van der Waals surface area contributed by atoms with Gasteiger partial charge in [-0.05, 0) is 29.6 Å². The third kappa shape index (κ3) is 2.62. The van der Waals surface area contributed by atoms with Gasteiger partial charge in [-0.3, -0.25) is 4.79 Å². The number of thiophene rings is 1. The van der Waals surface area contributed by atoms with Crippen molar-refractivity contribution < 1.29 is 4.79 Å². The van der Waals surface area contributed by atoms with E-state index in [-0.39, 0.29) is 0 Å². The maximum atomic E-state index is 11.0. The van der Waals surface area contributed by atoms with E-state index in [4.69, 9.17) is 11.5 Å². The predicted molar refractivity (Wildman–Crippen MR) is 75.8 cm³/mol. The summed E-state index contributed by atoms with van der Waals surface area (Å²) < 4.78 is 0. The molecule has 5 heteroatoms. The van der Waals surface area contributed by atoms with Crippen molar-refractivity contribution in [3.05, 3.63) is 46.2 Å². The van der Waals surface area contributed by atoms with E-state index >= 15 is 0 Å². The topological polar surface area (TPSA) is 72.3 Å². The SMILES string of the molecule is CN(Cc1cccs1)c1ccc(C(N)=O)cc1N. The molecular formula is C13H15N3OS. The average Bonchev–Trinajstić information content (AvgIpc) is 2.81. The highest BCUT2D eigenvalue weighted by atomic mass is 32.1. The van der Waals surface area contributed by atoms with Crippen molar-refractivity contribution in [1.82, 2.24) is 0 Å². The van der Waals surface area contributed by atoms with Crippen molar-refractivity contribution in [2.24, 2.45) is 5.73 Å². The van der Waals surface area contributed by atoms with Crippen molar-refractivity contribution >= 4 is 28.6 Å². The molecule has 0 spiro atoms. The number of rotatable bonds is 4. The monoisotopic (exact) mass is 261 g/mol. The number of amides is 1. The van der Waals surface area contributed by atoms with Gasteiger partial charge in [-0.1, -0.05) is 6.07 Å². The molecule has 0 atom stereocenters. The van der Waals surface area contributed by atoms with Crippen molar-refractivity contribution in [2.75, 3.05) is 17.7 Å². The fourth-order valence-electron chi connectivity index (χ4n) is 1.78. The first-order valence-corrected chi connectivity index (χ1v) is 6.38. The lowest BCUT2D eigenvalue weighted by atomic mass is 10.1. The minimum Gasteiger partial charge on any atom is -0.397 e. The summed E-state index contributed by atoms with van der Waals surface area (Å²) in [7, 11) is 1.97. The highest BCUT2D eigenvalue weighted by molar-refractivity contribution is 7.09. The molecule has 0 saturated carbocycles. The fourth-order valence-corrected chi connectivity index (χ4v) is 2.53. The summed E-state index contributed by atoms with van der Waals surface area (Å²) in [5, 5.41) is 2.04. The zero-order valence-electron chi connectivity index (χ0n) is 10.1. The number of benzene rings is 1. The Balaban J connectivity index is 2.20. The lowest BCUT2D eigenvalue weighted by Crippen LogP contribution is -2.18. The average molecular weight is 261 g/mol. The van der Waals surface area contributed by atoms with E-state index in [1.165, 1.54) is 4.88 Å². The molecule has 2 aromatic rings. The van der Waals surface area contributed by atoms with Crippen molar-refractivity contribution in [1.29, 1.82) is 0 Å². The first kappa shape index (κ1) is 12.4. The number of hydrogen-bond acceptors (Lipinski definition) is 4. The molecule has 18 heavy (non-hydrogen) atoms. The van der Waals surface area contributed by atoms with Crippen LogP contribution < -0.4 is 16.4 Å². The summed E-state index contributed by atoms with van der Waals surface area (Å²) in [5.41, 5.74) is 13.0. The minimum atomic E-state index is -0.464. The van der Waals surface area contributed by atoms with Crippen molar-refractivity contribution in [2.45, 2.75) is 6.54 Å². The van der Waals surface area contributed by atoms with Gasteiger partial charge in [0.25, 0.3) is 0 Å². The number of nitrogen functional groups attached to an aromatic ring is 1. The highest BCUT2D eigenvalue weighted by Gasteiger charge is 2.09. The highest BCUT2D eigenvalue weighted by Crippen LogP contribution is 2.25. The Morgan fingerprint density at radius 3 is 2.72 bits per heavy atom. The number of anilines is 2. The number of nitrogens with zero attached hydrogens (tertiary/aromatic N) is 1. The Morgan fingerprint density at radius 2 is 2.17 bits per heavy atom. The van der Waals surface area contributed by atoms with Gasteiger partial charge >= 0.3 is 0 Å². The molecule has 0 aliphatic heterocycles. The smallest absolute Gasteiger partial charge is 0.248 e. The number of nitrogens with two attached hydrogens (primary N) is 2. The van der Waals surface area contributed by atoms with Gasteiger partial charge in [-0.15, -0.1) is 11.3 Å². The summed E-state index contributed by atoms with van der Waals surface area (Å²) in [6.07, 6.45) is 0.